The third-order valence-corrected chi connectivity index (χ3v) is 4.38. The summed E-state index contributed by atoms with van der Waals surface area (Å²) in [6.45, 7) is 4.16. The predicted octanol–water partition coefficient (Wildman–Crippen LogP) is 3.70. The van der Waals surface area contributed by atoms with Crippen LogP contribution >= 0.6 is 11.6 Å². The Morgan fingerprint density at radius 2 is 2.00 bits per heavy atom. The molecule has 6 heteroatoms. The number of hydrogen-bond donors (Lipinski definition) is 2. The summed E-state index contributed by atoms with van der Waals surface area (Å²) in [6.07, 6.45) is 1.64. The van der Waals surface area contributed by atoms with Crippen molar-refractivity contribution in [2.45, 2.75) is 26.7 Å². The molecule has 0 fully saturated rings. The van der Waals surface area contributed by atoms with Gasteiger partial charge in [-0.05, 0) is 42.8 Å². The second-order valence-electron chi connectivity index (χ2n) is 5.92. The predicted molar refractivity (Wildman–Crippen MR) is 103 cm³/mol. The minimum Gasteiger partial charge on any atom is -0.330 e. The number of aryl methyl sites for hydroxylation is 1. The summed E-state index contributed by atoms with van der Waals surface area (Å²) in [5.74, 6) is 0.782. The molecule has 130 valence electrons. The van der Waals surface area contributed by atoms with Crippen molar-refractivity contribution in [3.63, 3.8) is 0 Å². The van der Waals surface area contributed by atoms with E-state index in [1.54, 1.807) is 0 Å². The average molecular weight is 357 g/mol. The Bertz CT molecular complexity index is 915. The van der Waals surface area contributed by atoms with Crippen LogP contribution < -0.4 is 11.1 Å². The number of rotatable bonds is 5. The first kappa shape index (κ1) is 17.5. The van der Waals surface area contributed by atoms with Crippen molar-refractivity contribution in [3.05, 3.63) is 52.8 Å². The SMILES string of the molecule is CCc1nc2cc(NC(C)=O)c(Cl)cc2n1-c1ccc(CCN)cc1. The maximum atomic E-state index is 11.3. The van der Waals surface area contributed by atoms with Crippen LogP contribution in [0.1, 0.15) is 25.2 Å². The van der Waals surface area contributed by atoms with E-state index in [1.165, 1.54) is 12.5 Å². The van der Waals surface area contributed by atoms with Gasteiger partial charge in [0.15, 0.2) is 0 Å². The number of halogens is 1. The first-order chi connectivity index (χ1) is 12.0. The third-order valence-electron chi connectivity index (χ3n) is 4.07. The minimum atomic E-state index is -0.160. The van der Waals surface area contributed by atoms with E-state index in [9.17, 15) is 4.79 Å². The lowest BCUT2D eigenvalue weighted by atomic mass is 10.1. The number of nitrogens with two attached hydrogens (primary N) is 1. The van der Waals surface area contributed by atoms with Gasteiger partial charge in [0.1, 0.15) is 5.82 Å². The Morgan fingerprint density at radius 1 is 1.28 bits per heavy atom. The molecule has 2 aromatic carbocycles. The first-order valence-electron chi connectivity index (χ1n) is 8.31. The highest BCUT2D eigenvalue weighted by Gasteiger charge is 2.14. The molecule has 1 heterocycles. The summed E-state index contributed by atoms with van der Waals surface area (Å²) in [5.41, 5.74) is 10.2. The molecule has 0 saturated carbocycles. The molecule has 3 N–H and O–H groups in total. The second-order valence-corrected chi connectivity index (χ2v) is 6.33. The Morgan fingerprint density at radius 3 is 2.60 bits per heavy atom. The molecule has 3 rings (SSSR count). The van der Waals surface area contributed by atoms with Gasteiger partial charge < -0.3 is 11.1 Å². The summed E-state index contributed by atoms with van der Waals surface area (Å²) in [5, 5.41) is 3.23. The van der Waals surface area contributed by atoms with Gasteiger partial charge >= 0.3 is 0 Å². The van der Waals surface area contributed by atoms with E-state index in [0.29, 0.717) is 17.3 Å². The maximum Gasteiger partial charge on any atom is 0.221 e. The highest BCUT2D eigenvalue weighted by molar-refractivity contribution is 6.34. The summed E-state index contributed by atoms with van der Waals surface area (Å²) in [4.78, 5) is 16.0. The lowest BCUT2D eigenvalue weighted by Gasteiger charge is -2.10. The number of fused-ring (bicyclic) bond motifs is 1. The first-order valence-corrected chi connectivity index (χ1v) is 8.69. The Labute approximate surface area is 151 Å². The van der Waals surface area contributed by atoms with Gasteiger partial charge in [0.2, 0.25) is 5.91 Å². The summed E-state index contributed by atoms with van der Waals surface area (Å²) in [6, 6.07) is 12.0. The normalized spacial score (nSPS) is 11.0. The molecule has 5 nitrogen and oxygen atoms in total. The van der Waals surface area contributed by atoms with Crippen LogP contribution in [0, 0.1) is 0 Å². The molecule has 25 heavy (non-hydrogen) atoms. The molecule has 0 bridgehead atoms. The molecule has 0 aliphatic heterocycles. The van der Waals surface area contributed by atoms with Gasteiger partial charge in [0.25, 0.3) is 0 Å². The molecule has 1 amide bonds. The number of nitrogens with zero attached hydrogens (tertiary/aromatic N) is 2. The topological polar surface area (TPSA) is 72.9 Å². The Balaban J connectivity index is 2.13. The zero-order chi connectivity index (χ0) is 18.0. The molecular weight excluding hydrogens is 336 g/mol. The number of amides is 1. The monoisotopic (exact) mass is 356 g/mol. The van der Waals surface area contributed by atoms with Crippen LogP contribution in [0.2, 0.25) is 5.02 Å². The van der Waals surface area contributed by atoms with Gasteiger partial charge in [-0.15, -0.1) is 0 Å². The number of nitrogens with one attached hydrogen (secondary N) is 1. The van der Waals surface area contributed by atoms with Gasteiger partial charge in [-0.25, -0.2) is 4.98 Å². The van der Waals surface area contributed by atoms with Crippen LogP contribution in [0.15, 0.2) is 36.4 Å². The molecule has 0 unspecified atom stereocenters. The third kappa shape index (κ3) is 3.52. The fraction of sp³-hybridized carbons (Fsp3) is 0.263. The molecule has 3 aromatic rings. The smallest absolute Gasteiger partial charge is 0.221 e. The van der Waals surface area contributed by atoms with E-state index in [4.69, 9.17) is 22.3 Å². The zero-order valence-corrected chi connectivity index (χ0v) is 15.1. The average Bonchev–Trinajstić information content (AvgIpc) is 2.93. The van der Waals surface area contributed by atoms with Crippen molar-refractivity contribution in [2.75, 3.05) is 11.9 Å². The minimum absolute atomic E-state index is 0.160. The molecule has 1 aromatic heterocycles. The van der Waals surface area contributed by atoms with Gasteiger partial charge in [-0.1, -0.05) is 30.7 Å². The number of imidazole rings is 1. The van der Waals surface area contributed by atoms with E-state index < -0.39 is 0 Å². The quantitative estimate of drug-likeness (QED) is 0.732. The van der Waals surface area contributed by atoms with Crippen molar-refractivity contribution >= 4 is 34.2 Å². The van der Waals surface area contributed by atoms with Gasteiger partial charge in [0.05, 0.1) is 21.7 Å². The van der Waals surface area contributed by atoms with Crippen LogP contribution in [0.3, 0.4) is 0 Å². The molecule has 0 atom stereocenters. The fourth-order valence-electron chi connectivity index (χ4n) is 2.94. The lowest BCUT2D eigenvalue weighted by Crippen LogP contribution is -2.06. The van der Waals surface area contributed by atoms with Crippen molar-refractivity contribution in [1.82, 2.24) is 9.55 Å². The number of anilines is 1. The van der Waals surface area contributed by atoms with Gasteiger partial charge in [-0.3, -0.25) is 9.36 Å². The van der Waals surface area contributed by atoms with Crippen molar-refractivity contribution in [1.29, 1.82) is 0 Å². The van der Waals surface area contributed by atoms with Crippen LogP contribution in [-0.4, -0.2) is 22.0 Å². The van der Waals surface area contributed by atoms with Crippen LogP contribution in [0.5, 0.6) is 0 Å². The molecule has 0 saturated heterocycles. The van der Waals surface area contributed by atoms with E-state index in [1.807, 2.05) is 12.1 Å². The van der Waals surface area contributed by atoms with E-state index in [0.717, 1.165) is 35.4 Å². The van der Waals surface area contributed by atoms with Crippen molar-refractivity contribution in [3.8, 4) is 5.69 Å². The molecule has 0 spiro atoms. The standard InChI is InChI=1S/C19H21ClN4O/c1-3-19-23-17-11-16(22-12(2)25)15(20)10-18(17)24(19)14-6-4-13(5-7-14)8-9-21/h4-7,10-11H,3,8-9,21H2,1-2H3,(H,22,25). The van der Waals surface area contributed by atoms with Gasteiger partial charge in [-0.2, -0.15) is 0 Å². The number of hydrogen-bond acceptors (Lipinski definition) is 3. The van der Waals surface area contributed by atoms with E-state index >= 15 is 0 Å². The largest absolute Gasteiger partial charge is 0.330 e. The number of carbonyl (C=O) groups excluding carboxylic acids is 1. The Hall–Kier alpha value is -2.37. The second kappa shape index (κ2) is 7.25. The highest BCUT2D eigenvalue weighted by Crippen LogP contribution is 2.31. The summed E-state index contributed by atoms with van der Waals surface area (Å²) < 4.78 is 2.10. The molecule has 0 radical (unpaired) electrons. The van der Waals surface area contributed by atoms with Crippen molar-refractivity contribution in [2.24, 2.45) is 5.73 Å². The zero-order valence-electron chi connectivity index (χ0n) is 14.3. The van der Waals surface area contributed by atoms with Crippen molar-refractivity contribution < 1.29 is 4.79 Å². The van der Waals surface area contributed by atoms with E-state index in [-0.39, 0.29) is 5.91 Å². The number of carbonyl (C=O) groups is 1. The fourth-order valence-corrected chi connectivity index (χ4v) is 3.14. The number of aromatic nitrogens is 2. The lowest BCUT2D eigenvalue weighted by molar-refractivity contribution is -0.114. The summed E-state index contributed by atoms with van der Waals surface area (Å²) in [7, 11) is 0. The van der Waals surface area contributed by atoms with Crippen LogP contribution in [0.25, 0.3) is 16.7 Å². The molecule has 0 aliphatic carbocycles. The molecular formula is C19H21ClN4O. The Kier molecular flexibility index (Phi) is 5.06. The highest BCUT2D eigenvalue weighted by atomic mass is 35.5. The van der Waals surface area contributed by atoms with Crippen LogP contribution in [0.4, 0.5) is 5.69 Å². The van der Waals surface area contributed by atoms with Crippen LogP contribution in [-0.2, 0) is 17.6 Å². The molecule has 0 aliphatic rings. The number of benzene rings is 2. The van der Waals surface area contributed by atoms with Gasteiger partial charge in [0, 0.05) is 19.0 Å². The summed E-state index contributed by atoms with van der Waals surface area (Å²) >= 11 is 6.36. The van der Waals surface area contributed by atoms with E-state index in [2.05, 4.69) is 41.1 Å². The maximum absolute atomic E-state index is 11.3.